The maximum Gasteiger partial charge on any atom is 0.337 e. The van der Waals surface area contributed by atoms with Crippen molar-refractivity contribution in [2.75, 3.05) is 0 Å². The molecule has 0 aliphatic carbocycles. The molecule has 1 radical (unpaired) electrons. The van der Waals surface area contributed by atoms with Crippen molar-refractivity contribution < 1.29 is 14.4 Å². The molecule has 1 aromatic rings. The second-order valence-electron chi connectivity index (χ2n) is 2.37. The van der Waals surface area contributed by atoms with E-state index in [0.717, 1.165) is 0 Å². The van der Waals surface area contributed by atoms with Gasteiger partial charge in [0.25, 0.3) is 0 Å². The number of hydrogen-bond donors (Lipinski definition) is 2. The molecule has 0 unspecified atom stereocenters. The average Bonchev–Trinajstić information content (AvgIpc) is 2.03. The minimum atomic E-state index is -4.10. The van der Waals surface area contributed by atoms with E-state index in [-0.39, 0.29) is 5.66 Å². The van der Waals surface area contributed by atoms with E-state index in [1.165, 1.54) is 13.1 Å². The van der Waals surface area contributed by atoms with Crippen molar-refractivity contribution in [3.05, 3.63) is 35.7 Å². The molecule has 1 rings (SSSR count). The lowest BCUT2D eigenvalue weighted by molar-refractivity contribution is 0.376. The fraction of sp³-hybridized carbons (Fsp3) is 0.143. The van der Waals surface area contributed by atoms with Gasteiger partial charge in [0.1, 0.15) is 5.66 Å². The third kappa shape index (κ3) is 2.14. The van der Waals surface area contributed by atoms with Crippen molar-refractivity contribution in [1.82, 2.24) is 4.98 Å². The Morgan fingerprint density at radius 3 is 2.67 bits per heavy atom. The van der Waals surface area contributed by atoms with Crippen LogP contribution in [0.1, 0.15) is 12.5 Å². The van der Waals surface area contributed by atoms with Crippen LogP contribution in [0.5, 0.6) is 0 Å². The first kappa shape index (κ1) is 9.39. The zero-order valence-electron chi connectivity index (χ0n) is 6.51. The molecule has 0 atom stereocenters. The monoisotopic (exact) mass is 186 g/mol. The Bertz CT molecular complexity index is 295. The van der Waals surface area contributed by atoms with Crippen LogP contribution in [-0.2, 0) is 4.57 Å². The van der Waals surface area contributed by atoms with Crippen molar-refractivity contribution in [3.63, 3.8) is 0 Å². The number of pyridine rings is 1. The summed E-state index contributed by atoms with van der Waals surface area (Å²) in [5.41, 5.74) is 0.529. The highest BCUT2D eigenvalue weighted by atomic mass is 31.2. The molecule has 0 aromatic carbocycles. The van der Waals surface area contributed by atoms with Gasteiger partial charge in [0.05, 0.1) is 0 Å². The molecule has 0 aliphatic rings. The van der Waals surface area contributed by atoms with Gasteiger partial charge in [-0.15, -0.1) is 0 Å². The molecule has 0 amide bonds. The van der Waals surface area contributed by atoms with Gasteiger partial charge in [-0.3, -0.25) is 9.55 Å². The van der Waals surface area contributed by atoms with E-state index in [1.54, 1.807) is 18.3 Å². The molecular formula is C7H9NO3P. The normalized spacial score (nSPS) is 12.0. The molecule has 0 saturated carbocycles. The molecule has 0 saturated heterocycles. The predicted octanol–water partition coefficient (Wildman–Crippen LogP) is 1.16. The molecule has 0 aliphatic heterocycles. The number of nitrogens with zero attached hydrogens (tertiary/aromatic N) is 1. The van der Waals surface area contributed by atoms with Gasteiger partial charge < -0.3 is 9.79 Å². The van der Waals surface area contributed by atoms with Gasteiger partial charge >= 0.3 is 7.60 Å². The Morgan fingerprint density at radius 1 is 1.58 bits per heavy atom. The molecule has 12 heavy (non-hydrogen) atoms. The first-order valence-electron chi connectivity index (χ1n) is 3.32. The van der Waals surface area contributed by atoms with Crippen molar-refractivity contribution in [1.29, 1.82) is 0 Å². The van der Waals surface area contributed by atoms with E-state index in [4.69, 9.17) is 9.79 Å². The highest BCUT2D eigenvalue weighted by Gasteiger charge is 2.26. The number of rotatable bonds is 2. The lowest BCUT2D eigenvalue weighted by atomic mass is 10.2. The Labute approximate surface area is 70.4 Å². The van der Waals surface area contributed by atoms with E-state index in [9.17, 15) is 4.57 Å². The lowest BCUT2D eigenvalue weighted by Gasteiger charge is -2.11. The van der Waals surface area contributed by atoms with E-state index in [1.807, 2.05) is 0 Å². The second-order valence-corrected chi connectivity index (χ2v) is 4.13. The second kappa shape index (κ2) is 3.35. The lowest BCUT2D eigenvalue weighted by Crippen LogP contribution is -1.95. The standard InChI is InChI=1S/C7H9NO3P/c1-6(12(9,10)11)7-3-2-4-8-5-7/h2-5H,1H3,(H2,9,10,11). The van der Waals surface area contributed by atoms with Gasteiger partial charge in [0, 0.05) is 12.4 Å². The Kier molecular flexibility index (Phi) is 2.62. The first-order valence-corrected chi connectivity index (χ1v) is 4.93. The highest BCUT2D eigenvalue weighted by Crippen LogP contribution is 2.50. The average molecular weight is 186 g/mol. The quantitative estimate of drug-likeness (QED) is 0.680. The van der Waals surface area contributed by atoms with Gasteiger partial charge in [-0.2, -0.15) is 0 Å². The summed E-state index contributed by atoms with van der Waals surface area (Å²) in [6.45, 7) is 1.40. The Morgan fingerprint density at radius 2 is 2.25 bits per heavy atom. The Hall–Kier alpha value is -0.700. The number of aromatic nitrogens is 1. The fourth-order valence-corrected chi connectivity index (χ4v) is 1.21. The van der Waals surface area contributed by atoms with Crippen LogP contribution in [0.3, 0.4) is 0 Å². The SMILES string of the molecule is C[C](c1cccnc1)P(=O)(O)O. The molecule has 0 bridgehead atoms. The molecule has 65 valence electrons. The van der Waals surface area contributed by atoms with Gasteiger partial charge in [0.2, 0.25) is 0 Å². The first-order chi connectivity index (χ1) is 5.52. The molecule has 5 heteroatoms. The van der Waals surface area contributed by atoms with Crippen molar-refractivity contribution in [2.45, 2.75) is 6.92 Å². The third-order valence-corrected chi connectivity index (χ3v) is 2.65. The zero-order valence-corrected chi connectivity index (χ0v) is 7.40. The summed E-state index contributed by atoms with van der Waals surface area (Å²) in [6.07, 6.45) is 2.98. The summed E-state index contributed by atoms with van der Waals surface area (Å²) in [5, 5.41) is 0. The van der Waals surface area contributed by atoms with Crippen LogP contribution >= 0.6 is 7.60 Å². The maximum absolute atomic E-state index is 10.8. The summed E-state index contributed by atoms with van der Waals surface area (Å²) >= 11 is 0. The van der Waals surface area contributed by atoms with Crippen LogP contribution in [0.15, 0.2) is 24.5 Å². The largest absolute Gasteiger partial charge is 0.337 e. The third-order valence-electron chi connectivity index (χ3n) is 1.52. The zero-order chi connectivity index (χ0) is 9.19. The summed E-state index contributed by atoms with van der Waals surface area (Å²) in [5.74, 6) is 0. The van der Waals surface area contributed by atoms with Crippen molar-refractivity contribution in [2.24, 2.45) is 0 Å². The highest BCUT2D eigenvalue weighted by molar-refractivity contribution is 7.55. The van der Waals surface area contributed by atoms with E-state index in [2.05, 4.69) is 4.98 Å². The van der Waals surface area contributed by atoms with Crippen LogP contribution < -0.4 is 0 Å². The van der Waals surface area contributed by atoms with Gasteiger partial charge in [0.15, 0.2) is 0 Å². The predicted molar refractivity (Wildman–Crippen MR) is 44.3 cm³/mol. The summed E-state index contributed by atoms with van der Waals surface area (Å²) in [4.78, 5) is 21.3. The summed E-state index contributed by atoms with van der Waals surface area (Å²) < 4.78 is 10.8. The van der Waals surface area contributed by atoms with E-state index < -0.39 is 7.60 Å². The molecular weight excluding hydrogens is 177 g/mol. The molecule has 0 fully saturated rings. The topological polar surface area (TPSA) is 70.4 Å². The van der Waals surface area contributed by atoms with Gasteiger partial charge in [-0.25, -0.2) is 0 Å². The van der Waals surface area contributed by atoms with Crippen molar-refractivity contribution >= 4 is 7.60 Å². The minimum Gasteiger partial charge on any atom is -0.324 e. The fourth-order valence-electron chi connectivity index (χ4n) is 0.745. The molecule has 4 nitrogen and oxygen atoms in total. The van der Waals surface area contributed by atoms with Crippen LogP contribution in [0, 0.1) is 5.66 Å². The van der Waals surface area contributed by atoms with Crippen molar-refractivity contribution in [3.8, 4) is 0 Å². The molecule has 0 spiro atoms. The van der Waals surface area contributed by atoms with Crippen LogP contribution in [0.2, 0.25) is 0 Å². The smallest absolute Gasteiger partial charge is 0.324 e. The van der Waals surface area contributed by atoms with Crippen LogP contribution in [0.25, 0.3) is 0 Å². The van der Waals surface area contributed by atoms with Gasteiger partial charge in [-0.1, -0.05) is 6.07 Å². The number of hydrogen-bond acceptors (Lipinski definition) is 2. The van der Waals surface area contributed by atoms with Crippen LogP contribution in [-0.4, -0.2) is 14.8 Å². The molecule has 1 heterocycles. The molecule has 2 N–H and O–H groups in total. The van der Waals surface area contributed by atoms with E-state index in [0.29, 0.717) is 5.56 Å². The van der Waals surface area contributed by atoms with Gasteiger partial charge in [-0.05, 0) is 18.6 Å². The summed E-state index contributed by atoms with van der Waals surface area (Å²) in [7, 11) is -4.10. The van der Waals surface area contributed by atoms with E-state index >= 15 is 0 Å². The minimum absolute atomic E-state index is 0.0515. The maximum atomic E-state index is 10.8. The molecule has 1 aromatic heterocycles. The Balaban J connectivity index is 2.94. The van der Waals surface area contributed by atoms with Crippen LogP contribution in [0.4, 0.5) is 0 Å². The summed E-state index contributed by atoms with van der Waals surface area (Å²) in [6, 6.07) is 3.25.